The predicted octanol–water partition coefficient (Wildman–Crippen LogP) is 2.95. The van der Waals surface area contributed by atoms with E-state index in [0.717, 1.165) is 50.0 Å². The van der Waals surface area contributed by atoms with Crippen LogP contribution in [0.25, 0.3) is 0 Å². The van der Waals surface area contributed by atoms with Crippen molar-refractivity contribution in [2.75, 3.05) is 6.54 Å². The van der Waals surface area contributed by atoms with Gasteiger partial charge in [0.2, 0.25) is 5.91 Å². The van der Waals surface area contributed by atoms with Crippen LogP contribution in [0.5, 0.6) is 0 Å². The molecule has 1 spiro atoms. The summed E-state index contributed by atoms with van der Waals surface area (Å²) in [5, 5.41) is 4.16. The first-order valence-corrected chi connectivity index (χ1v) is 10.4. The normalized spacial score (nSPS) is 24.8. The number of aryl methyl sites for hydroxylation is 2. The molecule has 6 heteroatoms. The number of esters is 1. The van der Waals surface area contributed by atoms with E-state index in [-0.39, 0.29) is 24.2 Å². The maximum atomic E-state index is 12.7. The van der Waals surface area contributed by atoms with E-state index in [2.05, 4.69) is 5.32 Å². The average molecular weight is 362 g/mol. The quantitative estimate of drug-likeness (QED) is 0.836. The second-order valence-corrected chi connectivity index (χ2v) is 8.75. The van der Waals surface area contributed by atoms with E-state index in [1.807, 2.05) is 0 Å². The van der Waals surface area contributed by atoms with E-state index in [1.165, 1.54) is 29.8 Å². The van der Waals surface area contributed by atoms with Crippen LogP contribution in [-0.2, 0) is 33.6 Å². The van der Waals surface area contributed by atoms with Crippen LogP contribution in [0.15, 0.2) is 0 Å². The minimum atomic E-state index is -0.528. The number of fused-ring (bicyclic) bond motifs is 1. The van der Waals surface area contributed by atoms with Crippen molar-refractivity contribution in [2.24, 2.45) is 5.92 Å². The summed E-state index contributed by atoms with van der Waals surface area (Å²) >= 11 is 1.80. The summed E-state index contributed by atoms with van der Waals surface area (Å²) in [7, 11) is 0. The van der Waals surface area contributed by atoms with Gasteiger partial charge in [0.15, 0.2) is 0 Å². The van der Waals surface area contributed by atoms with Crippen LogP contribution in [0.3, 0.4) is 0 Å². The molecule has 1 atom stereocenters. The Bertz CT molecular complexity index is 640. The van der Waals surface area contributed by atoms with Gasteiger partial charge in [-0.25, -0.2) is 4.98 Å². The first-order valence-electron chi connectivity index (χ1n) is 9.63. The molecular formula is C19H26N2O3S. The van der Waals surface area contributed by atoms with E-state index in [9.17, 15) is 9.59 Å². The van der Waals surface area contributed by atoms with Crippen LogP contribution in [0.2, 0.25) is 0 Å². The average Bonchev–Trinajstić information content (AvgIpc) is 3.16. The lowest BCUT2D eigenvalue weighted by molar-refractivity contribution is -0.153. The summed E-state index contributed by atoms with van der Waals surface area (Å²) in [6.45, 7) is 0.589. The van der Waals surface area contributed by atoms with Crippen molar-refractivity contribution in [3.63, 3.8) is 0 Å². The molecule has 2 fully saturated rings. The van der Waals surface area contributed by atoms with Crippen LogP contribution < -0.4 is 5.32 Å². The number of hydrogen-bond donors (Lipinski definition) is 1. The molecule has 0 unspecified atom stereocenters. The number of carbonyl (C=O) groups is 2. The number of amides is 1. The number of carbonyl (C=O) groups excluding carboxylic acids is 2. The van der Waals surface area contributed by atoms with Gasteiger partial charge in [-0.3, -0.25) is 9.59 Å². The first-order chi connectivity index (χ1) is 12.2. The van der Waals surface area contributed by atoms with E-state index >= 15 is 0 Å². The summed E-state index contributed by atoms with van der Waals surface area (Å²) in [5.74, 6) is -0.548. The third-order valence-electron chi connectivity index (χ3n) is 5.87. The molecule has 2 heterocycles. The molecule has 3 aliphatic rings. The largest absolute Gasteiger partial charge is 0.458 e. The zero-order valence-corrected chi connectivity index (χ0v) is 15.5. The van der Waals surface area contributed by atoms with Crippen molar-refractivity contribution >= 4 is 23.2 Å². The topological polar surface area (TPSA) is 68.3 Å². The van der Waals surface area contributed by atoms with Gasteiger partial charge < -0.3 is 10.1 Å². The van der Waals surface area contributed by atoms with Crippen LogP contribution in [-0.4, -0.2) is 29.0 Å². The molecule has 1 amide bonds. The lowest BCUT2D eigenvalue weighted by Gasteiger charge is -2.36. The highest BCUT2D eigenvalue weighted by molar-refractivity contribution is 7.11. The zero-order chi connectivity index (χ0) is 17.3. The van der Waals surface area contributed by atoms with E-state index < -0.39 is 5.60 Å². The number of ether oxygens (including phenoxy) is 1. The number of nitrogens with zero attached hydrogens (tertiary/aromatic N) is 1. The Kier molecular flexibility index (Phi) is 4.80. The fourth-order valence-electron chi connectivity index (χ4n) is 4.55. The lowest BCUT2D eigenvalue weighted by atomic mass is 9.75. The smallest absolute Gasteiger partial charge is 0.307 e. The van der Waals surface area contributed by atoms with Crippen LogP contribution in [0, 0.1) is 5.92 Å². The molecule has 0 radical (unpaired) electrons. The predicted molar refractivity (Wildman–Crippen MR) is 95.5 cm³/mol. The fourth-order valence-corrected chi connectivity index (χ4v) is 5.71. The van der Waals surface area contributed by atoms with Crippen molar-refractivity contribution in [3.8, 4) is 0 Å². The molecule has 1 aromatic rings. The van der Waals surface area contributed by atoms with Crippen LogP contribution >= 0.6 is 11.3 Å². The third kappa shape index (κ3) is 3.46. The summed E-state index contributed by atoms with van der Waals surface area (Å²) in [5.41, 5.74) is 0.744. The van der Waals surface area contributed by atoms with Gasteiger partial charge in [0, 0.05) is 17.8 Å². The highest BCUT2D eigenvalue weighted by Gasteiger charge is 2.52. The second kappa shape index (κ2) is 7.06. The highest BCUT2D eigenvalue weighted by atomic mass is 32.1. The molecule has 5 nitrogen and oxygen atoms in total. The number of thiazole rings is 1. The van der Waals surface area contributed by atoms with Crippen molar-refractivity contribution in [3.05, 3.63) is 15.6 Å². The second-order valence-electron chi connectivity index (χ2n) is 7.58. The molecule has 1 saturated carbocycles. The molecule has 1 aromatic heterocycles. The van der Waals surface area contributed by atoms with E-state index in [4.69, 9.17) is 9.72 Å². The van der Waals surface area contributed by atoms with Crippen molar-refractivity contribution in [2.45, 2.75) is 76.2 Å². The molecule has 0 aromatic carbocycles. The van der Waals surface area contributed by atoms with Crippen molar-refractivity contribution in [1.82, 2.24) is 10.3 Å². The number of aromatic nitrogens is 1. The standard InChI is InChI=1S/C19H26N2O3S/c22-17-12-13(19(24-17)9-4-1-5-10-19)18(23)20-11-8-16-21-14-6-2-3-7-15(14)25-16/h13H,1-12H2,(H,20,23)/t13-/m1/s1. The van der Waals surface area contributed by atoms with Gasteiger partial charge in [-0.15, -0.1) is 11.3 Å². The van der Waals surface area contributed by atoms with Crippen LogP contribution in [0.1, 0.15) is 66.9 Å². The Labute approximate surface area is 152 Å². The highest BCUT2D eigenvalue weighted by Crippen LogP contribution is 2.44. The number of hydrogen-bond acceptors (Lipinski definition) is 5. The van der Waals surface area contributed by atoms with Crippen molar-refractivity contribution in [1.29, 1.82) is 0 Å². The monoisotopic (exact) mass is 362 g/mol. The molecule has 1 saturated heterocycles. The SMILES string of the molecule is O=C1C[C@H](C(=O)NCCc2nc3c(s2)CCCC3)C2(CCCCC2)O1. The number of nitrogens with one attached hydrogen (secondary N) is 1. The van der Waals surface area contributed by atoms with Gasteiger partial charge >= 0.3 is 5.97 Å². The Morgan fingerprint density at radius 1 is 1.20 bits per heavy atom. The van der Waals surface area contributed by atoms with Gasteiger partial charge in [0.25, 0.3) is 0 Å². The summed E-state index contributed by atoms with van der Waals surface area (Å²) in [6.07, 6.45) is 10.7. The summed E-state index contributed by atoms with van der Waals surface area (Å²) in [6, 6.07) is 0. The van der Waals surface area contributed by atoms with Gasteiger partial charge in [0.05, 0.1) is 23.0 Å². The molecule has 4 rings (SSSR count). The molecular weight excluding hydrogens is 336 g/mol. The van der Waals surface area contributed by atoms with Gasteiger partial charge in [-0.2, -0.15) is 0 Å². The Hall–Kier alpha value is -1.43. The zero-order valence-electron chi connectivity index (χ0n) is 14.6. The summed E-state index contributed by atoms with van der Waals surface area (Å²) in [4.78, 5) is 30.7. The fraction of sp³-hybridized carbons (Fsp3) is 0.737. The molecule has 136 valence electrons. The molecule has 1 N–H and O–H groups in total. The van der Waals surface area contributed by atoms with E-state index in [0.29, 0.717) is 6.54 Å². The first kappa shape index (κ1) is 17.0. The van der Waals surface area contributed by atoms with Gasteiger partial charge in [-0.05, 0) is 51.4 Å². The maximum absolute atomic E-state index is 12.7. The van der Waals surface area contributed by atoms with Gasteiger partial charge in [-0.1, -0.05) is 6.42 Å². The minimum absolute atomic E-state index is 0.0194. The molecule has 25 heavy (non-hydrogen) atoms. The Morgan fingerprint density at radius 2 is 2.00 bits per heavy atom. The molecule has 1 aliphatic heterocycles. The maximum Gasteiger partial charge on any atom is 0.307 e. The molecule has 2 aliphatic carbocycles. The van der Waals surface area contributed by atoms with Crippen molar-refractivity contribution < 1.29 is 14.3 Å². The minimum Gasteiger partial charge on any atom is -0.458 e. The summed E-state index contributed by atoms with van der Waals surface area (Å²) < 4.78 is 5.63. The molecule has 0 bridgehead atoms. The number of rotatable bonds is 4. The Morgan fingerprint density at radius 3 is 2.80 bits per heavy atom. The Balaban J connectivity index is 1.33. The lowest BCUT2D eigenvalue weighted by Crippen LogP contribution is -2.46. The van der Waals surface area contributed by atoms with Gasteiger partial charge in [0.1, 0.15) is 5.60 Å². The van der Waals surface area contributed by atoms with E-state index in [1.54, 1.807) is 11.3 Å². The third-order valence-corrected chi connectivity index (χ3v) is 7.08. The van der Waals surface area contributed by atoms with Crippen LogP contribution in [0.4, 0.5) is 0 Å².